The second-order valence-electron chi connectivity index (χ2n) is 8.05. The molecule has 2 amide bonds. The van der Waals surface area contributed by atoms with Gasteiger partial charge in [-0.25, -0.2) is 9.37 Å². The fourth-order valence-corrected chi connectivity index (χ4v) is 3.96. The van der Waals surface area contributed by atoms with Crippen molar-refractivity contribution in [3.05, 3.63) is 100 Å². The molecule has 0 aliphatic rings. The van der Waals surface area contributed by atoms with E-state index >= 15 is 0 Å². The zero-order chi connectivity index (χ0) is 26.4. The van der Waals surface area contributed by atoms with E-state index in [1.165, 1.54) is 30.2 Å². The maximum atomic E-state index is 14.3. The molecule has 7 nitrogen and oxygen atoms in total. The monoisotopic (exact) mass is 540 g/mol. The largest absolute Gasteiger partial charge is 0.383 e. The van der Waals surface area contributed by atoms with Crippen molar-refractivity contribution >= 4 is 41.0 Å². The van der Waals surface area contributed by atoms with Crippen LogP contribution in [0.25, 0.3) is 16.9 Å². The Morgan fingerprint density at radius 3 is 2.49 bits per heavy atom. The minimum atomic E-state index is -0.667. The summed E-state index contributed by atoms with van der Waals surface area (Å²) >= 11 is 12.2. The molecule has 1 aromatic heterocycles. The first-order valence-electron chi connectivity index (χ1n) is 11.3. The molecule has 1 N–H and O–H groups in total. The summed E-state index contributed by atoms with van der Waals surface area (Å²) in [4.78, 5) is 31.9. The number of hydrogen-bond donors (Lipinski definition) is 1. The van der Waals surface area contributed by atoms with E-state index in [9.17, 15) is 14.0 Å². The fraction of sp³-hybridized carbons (Fsp3) is 0.148. The zero-order valence-electron chi connectivity index (χ0n) is 19.8. The van der Waals surface area contributed by atoms with Gasteiger partial charge in [0.25, 0.3) is 5.91 Å². The lowest BCUT2D eigenvalue weighted by Crippen LogP contribution is -2.40. The summed E-state index contributed by atoms with van der Waals surface area (Å²) in [7, 11) is 1.48. The van der Waals surface area contributed by atoms with Crippen molar-refractivity contribution < 1.29 is 18.7 Å². The van der Waals surface area contributed by atoms with Crippen LogP contribution >= 0.6 is 23.2 Å². The predicted octanol–water partition coefficient (Wildman–Crippen LogP) is 5.71. The number of aromatic nitrogens is 2. The summed E-state index contributed by atoms with van der Waals surface area (Å²) in [6.07, 6.45) is 1.76. The lowest BCUT2D eigenvalue weighted by Gasteiger charge is -2.22. The van der Waals surface area contributed by atoms with Gasteiger partial charge in [-0.3, -0.25) is 19.5 Å². The van der Waals surface area contributed by atoms with Gasteiger partial charge in [0.05, 0.1) is 17.9 Å². The Morgan fingerprint density at radius 1 is 1.03 bits per heavy atom. The van der Waals surface area contributed by atoms with E-state index in [4.69, 9.17) is 27.9 Å². The third-order valence-electron chi connectivity index (χ3n) is 5.47. The van der Waals surface area contributed by atoms with Crippen molar-refractivity contribution in [3.63, 3.8) is 0 Å². The maximum absolute atomic E-state index is 14.3. The van der Waals surface area contributed by atoms with Crippen molar-refractivity contribution in [3.8, 4) is 16.9 Å². The summed E-state index contributed by atoms with van der Waals surface area (Å²) in [5, 5.41) is 3.87. The molecule has 10 heteroatoms. The predicted molar refractivity (Wildman–Crippen MR) is 142 cm³/mol. The zero-order valence-corrected chi connectivity index (χ0v) is 21.3. The molecular formula is C27H23Cl2FN4O3. The number of nitrogens with one attached hydrogen (secondary N) is 1. The third-order valence-corrected chi connectivity index (χ3v) is 5.96. The molecule has 0 spiro atoms. The summed E-state index contributed by atoms with van der Waals surface area (Å²) in [5.41, 5.74) is 1.92. The van der Waals surface area contributed by atoms with E-state index in [1.807, 2.05) is 18.2 Å². The van der Waals surface area contributed by atoms with Crippen LogP contribution in [0.15, 0.2) is 79.0 Å². The number of methoxy groups -OCH3 is 1. The van der Waals surface area contributed by atoms with Crippen molar-refractivity contribution in [1.29, 1.82) is 0 Å². The summed E-state index contributed by atoms with van der Waals surface area (Å²) in [5.74, 6) is -1.58. The van der Waals surface area contributed by atoms with Crippen LogP contribution in [0.2, 0.25) is 10.0 Å². The fourth-order valence-electron chi connectivity index (χ4n) is 3.65. The summed E-state index contributed by atoms with van der Waals surface area (Å²) in [6, 6.07) is 19.8. The first-order chi connectivity index (χ1) is 17.9. The van der Waals surface area contributed by atoms with Crippen LogP contribution in [0.5, 0.6) is 0 Å². The Kier molecular flexibility index (Phi) is 8.55. The molecule has 0 saturated carbocycles. The van der Waals surface area contributed by atoms with Gasteiger partial charge in [-0.2, -0.15) is 0 Å². The van der Waals surface area contributed by atoms with E-state index in [0.29, 0.717) is 21.4 Å². The minimum absolute atomic E-state index is 0.0931. The van der Waals surface area contributed by atoms with E-state index in [1.54, 1.807) is 47.2 Å². The average Bonchev–Trinajstić information content (AvgIpc) is 3.30. The van der Waals surface area contributed by atoms with Crippen LogP contribution in [0.4, 0.5) is 10.3 Å². The normalized spacial score (nSPS) is 10.8. The second-order valence-corrected chi connectivity index (χ2v) is 8.93. The molecule has 4 aromatic rings. The molecule has 0 aliphatic carbocycles. The molecular weight excluding hydrogens is 518 g/mol. The lowest BCUT2D eigenvalue weighted by atomic mass is 10.2. The number of nitrogens with zero attached hydrogens (tertiary/aromatic N) is 3. The Hall–Kier alpha value is -3.72. The molecule has 0 aliphatic heterocycles. The van der Waals surface area contributed by atoms with Crippen LogP contribution in [0.3, 0.4) is 0 Å². The molecule has 0 unspecified atom stereocenters. The number of benzene rings is 3. The van der Waals surface area contributed by atoms with Crippen molar-refractivity contribution in [1.82, 2.24) is 14.5 Å². The topological polar surface area (TPSA) is 76.5 Å². The SMILES string of the molecule is COCCN(CC(=O)Nc1nc(-c2ccc(Cl)cc2)cn1-c1cccc(Cl)c1)C(=O)c1ccccc1F. The minimum Gasteiger partial charge on any atom is -0.383 e. The number of imidazole rings is 1. The van der Waals surface area contributed by atoms with Crippen molar-refractivity contribution in [2.24, 2.45) is 0 Å². The Morgan fingerprint density at radius 2 is 1.78 bits per heavy atom. The van der Waals surface area contributed by atoms with Gasteiger partial charge in [0.2, 0.25) is 11.9 Å². The van der Waals surface area contributed by atoms with Crippen LogP contribution in [0, 0.1) is 5.82 Å². The number of ether oxygens (including phenoxy) is 1. The molecule has 4 rings (SSSR count). The van der Waals surface area contributed by atoms with Gasteiger partial charge in [0, 0.05) is 41.1 Å². The molecule has 37 heavy (non-hydrogen) atoms. The summed E-state index contributed by atoms with van der Waals surface area (Å²) in [6.45, 7) is -0.0730. The average molecular weight is 541 g/mol. The van der Waals surface area contributed by atoms with Gasteiger partial charge in [0.1, 0.15) is 12.4 Å². The van der Waals surface area contributed by atoms with Crippen LogP contribution in [0.1, 0.15) is 10.4 Å². The maximum Gasteiger partial charge on any atom is 0.257 e. The van der Waals surface area contributed by atoms with Crippen LogP contribution < -0.4 is 5.32 Å². The molecule has 1 heterocycles. The number of carbonyl (C=O) groups excluding carboxylic acids is 2. The number of carbonyl (C=O) groups is 2. The van der Waals surface area contributed by atoms with Crippen LogP contribution in [-0.2, 0) is 9.53 Å². The smallest absolute Gasteiger partial charge is 0.257 e. The molecule has 0 fully saturated rings. The van der Waals surface area contributed by atoms with Gasteiger partial charge in [-0.05, 0) is 42.5 Å². The first-order valence-corrected chi connectivity index (χ1v) is 12.0. The highest BCUT2D eigenvalue weighted by atomic mass is 35.5. The molecule has 0 radical (unpaired) electrons. The number of hydrogen-bond acceptors (Lipinski definition) is 4. The van der Waals surface area contributed by atoms with E-state index < -0.39 is 17.6 Å². The Balaban J connectivity index is 1.62. The van der Waals surface area contributed by atoms with Gasteiger partial charge < -0.3 is 9.64 Å². The van der Waals surface area contributed by atoms with Gasteiger partial charge >= 0.3 is 0 Å². The number of rotatable bonds is 9. The van der Waals surface area contributed by atoms with Crippen LogP contribution in [-0.4, -0.2) is 53.1 Å². The van der Waals surface area contributed by atoms with Gasteiger partial charge in [-0.15, -0.1) is 0 Å². The van der Waals surface area contributed by atoms with Gasteiger partial charge in [0.15, 0.2) is 0 Å². The highest BCUT2D eigenvalue weighted by Gasteiger charge is 2.23. The molecule has 0 bridgehead atoms. The van der Waals surface area contributed by atoms with E-state index in [-0.39, 0.29) is 31.2 Å². The lowest BCUT2D eigenvalue weighted by molar-refractivity contribution is -0.117. The number of amides is 2. The van der Waals surface area contributed by atoms with Gasteiger partial charge in [-0.1, -0.05) is 53.5 Å². The Bertz CT molecular complexity index is 1410. The standard InChI is InChI=1S/C27H23Cl2FN4O3/c1-37-14-13-33(26(36)22-7-2-3-8-23(22)30)17-25(35)32-27-31-24(18-9-11-19(28)12-10-18)16-34(27)21-6-4-5-20(29)15-21/h2-12,15-16H,13-14,17H2,1H3,(H,31,32,35). The third kappa shape index (κ3) is 6.54. The van der Waals surface area contributed by atoms with Crippen molar-refractivity contribution in [2.75, 3.05) is 32.1 Å². The molecule has 190 valence electrons. The quantitative estimate of drug-likeness (QED) is 0.295. The molecule has 0 atom stereocenters. The molecule has 3 aromatic carbocycles. The molecule has 0 saturated heterocycles. The van der Waals surface area contributed by atoms with Crippen molar-refractivity contribution in [2.45, 2.75) is 0 Å². The van der Waals surface area contributed by atoms with E-state index in [0.717, 1.165) is 5.56 Å². The number of halogens is 3. The first kappa shape index (κ1) is 26.3. The summed E-state index contributed by atoms with van der Waals surface area (Å²) < 4.78 is 21.0. The highest BCUT2D eigenvalue weighted by Crippen LogP contribution is 2.26. The second kappa shape index (κ2) is 12.0. The number of anilines is 1. The Labute approximate surface area is 223 Å². The van der Waals surface area contributed by atoms with E-state index in [2.05, 4.69) is 10.3 Å². The highest BCUT2D eigenvalue weighted by molar-refractivity contribution is 6.31.